The third-order valence-electron chi connectivity index (χ3n) is 2.38. The fourth-order valence-electron chi connectivity index (χ4n) is 1.74. The summed E-state index contributed by atoms with van der Waals surface area (Å²) in [7, 11) is 0. The molecule has 2 heterocycles. The number of hydrogen-bond donors (Lipinski definition) is 1. The average molecular weight is 221 g/mol. The van der Waals surface area contributed by atoms with E-state index in [0.29, 0.717) is 17.1 Å². The molecule has 1 aliphatic heterocycles. The Balaban J connectivity index is 2.46. The summed E-state index contributed by atoms with van der Waals surface area (Å²) < 4.78 is 10.0. The number of alkyl carbamates (subject to hydrolysis) is 1. The highest BCUT2D eigenvalue weighted by Gasteiger charge is 2.32. The third-order valence-corrected chi connectivity index (χ3v) is 2.38. The first-order valence-corrected chi connectivity index (χ1v) is 4.83. The summed E-state index contributed by atoms with van der Waals surface area (Å²) in [6, 6.07) is 2.84. The fraction of sp³-hybridized carbons (Fsp3) is 0.273. The zero-order chi connectivity index (χ0) is 11.7. The fourth-order valence-corrected chi connectivity index (χ4v) is 1.74. The molecule has 0 saturated carbocycles. The van der Waals surface area contributed by atoms with Crippen LogP contribution in [0.5, 0.6) is 0 Å². The maximum absolute atomic E-state index is 11.5. The van der Waals surface area contributed by atoms with E-state index in [1.165, 1.54) is 13.2 Å². The molecular weight excluding hydrogens is 210 g/mol. The van der Waals surface area contributed by atoms with Crippen molar-refractivity contribution in [3.63, 3.8) is 0 Å². The first-order valence-electron chi connectivity index (χ1n) is 4.83. The first-order chi connectivity index (χ1) is 7.59. The molecule has 0 bridgehead atoms. The lowest BCUT2D eigenvalue weighted by Gasteiger charge is -2.24. The second-order valence-corrected chi connectivity index (χ2v) is 3.51. The number of carbonyl (C=O) groups is 2. The molecule has 0 saturated heterocycles. The van der Waals surface area contributed by atoms with Gasteiger partial charge in [-0.05, 0) is 26.0 Å². The molecule has 1 N–H and O–H groups in total. The molecule has 0 radical (unpaired) electrons. The normalized spacial score (nSPS) is 20.4. The molecule has 0 aliphatic carbocycles. The van der Waals surface area contributed by atoms with E-state index in [0.717, 1.165) is 0 Å². The Bertz CT molecular complexity index is 458. The molecule has 1 atom stereocenters. The van der Waals surface area contributed by atoms with Crippen LogP contribution in [0.15, 0.2) is 34.1 Å². The van der Waals surface area contributed by atoms with E-state index in [4.69, 9.17) is 9.15 Å². The van der Waals surface area contributed by atoms with Crippen LogP contribution in [0.25, 0.3) is 0 Å². The van der Waals surface area contributed by atoms with Gasteiger partial charge < -0.3 is 14.5 Å². The standard InChI is InChI=1S/C11H11NO4/c1-6(13)9-7(2)16-11(14)12-10(9)8-4-3-5-15-8/h3-5,10H,1-2H3,(H,12,14). The monoisotopic (exact) mass is 221 g/mol. The van der Waals surface area contributed by atoms with E-state index in [1.807, 2.05) is 0 Å². The van der Waals surface area contributed by atoms with Gasteiger partial charge in [-0.25, -0.2) is 4.79 Å². The first kappa shape index (κ1) is 10.5. The van der Waals surface area contributed by atoms with Crippen LogP contribution >= 0.6 is 0 Å². The minimum atomic E-state index is -0.580. The van der Waals surface area contributed by atoms with E-state index in [-0.39, 0.29) is 5.78 Å². The van der Waals surface area contributed by atoms with Crippen LogP contribution in [0, 0.1) is 0 Å². The summed E-state index contributed by atoms with van der Waals surface area (Å²) in [6.07, 6.45) is 0.910. The van der Waals surface area contributed by atoms with Gasteiger partial charge in [-0.1, -0.05) is 0 Å². The summed E-state index contributed by atoms with van der Waals surface area (Å²) >= 11 is 0. The van der Waals surface area contributed by atoms with Crippen molar-refractivity contribution in [1.29, 1.82) is 0 Å². The summed E-state index contributed by atoms with van der Waals surface area (Å²) in [6.45, 7) is 3.01. The number of nitrogens with one attached hydrogen (secondary N) is 1. The lowest BCUT2D eigenvalue weighted by Crippen LogP contribution is -2.36. The molecule has 16 heavy (non-hydrogen) atoms. The molecule has 0 aromatic carbocycles. The van der Waals surface area contributed by atoms with Crippen LogP contribution in [0.3, 0.4) is 0 Å². The lowest BCUT2D eigenvalue weighted by atomic mass is 9.99. The Kier molecular flexibility index (Phi) is 2.52. The highest BCUT2D eigenvalue weighted by atomic mass is 16.6. The van der Waals surface area contributed by atoms with Crippen molar-refractivity contribution in [3.8, 4) is 0 Å². The molecule has 0 spiro atoms. The Labute approximate surface area is 92.1 Å². The van der Waals surface area contributed by atoms with Crippen molar-refractivity contribution >= 4 is 11.9 Å². The summed E-state index contributed by atoms with van der Waals surface area (Å²) in [5.74, 6) is 0.678. The minimum Gasteiger partial charge on any atom is -0.467 e. The molecule has 1 aromatic heterocycles. The number of furan rings is 1. The molecular formula is C11H11NO4. The molecule has 5 nitrogen and oxygen atoms in total. The molecule has 1 aliphatic rings. The molecule has 2 rings (SSSR count). The van der Waals surface area contributed by atoms with Crippen molar-refractivity contribution in [2.45, 2.75) is 19.9 Å². The van der Waals surface area contributed by atoms with Crippen LogP contribution < -0.4 is 5.32 Å². The number of Topliss-reactive ketones (excluding diaryl/α,β-unsaturated/α-hetero) is 1. The van der Waals surface area contributed by atoms with Crippen molar-refractivity contribution in [2.24, 2.45) is 0 Å². The quantitative estimate of drug-likeness (QED) is 0.828. The van der Waals surface area contributed by atoms with Gasteiger partial charge in [0, 0.05) is 0 Å². The zero-order valence-corrected chi connectivity index (χ0v) is 8.94. The van der Waals surface area contributed by atoms with Crippen LogP contribution in [0.4, 0.5) is 4.79 Å². The van der Waals surface area contributed by atoms with Gasteiger partial charge in [0.25, 0.3) is 0 Å². The number of rotatable bonds is 2. The van der Waals surface area contributed by atoms with Crippen molar-refractivity contribution in [1.82, 2.24) is 5.32 Å². The number of ketones is 1. The summed E-state index contributed by atoms with van der Waals surface area (Å²) in [5, 5.41) is 2.55. The number of allylic oxidation sites excluding steroid dienone is 1. The van der Waals surface area contributed by atoms with E-state index >= 15 is 0 Å². The van der Waals surface area contributed by atoms with Crippen molar-refractivity contribution < 1.29 is 18.7 Å². The molecule has 84 valence electrons. The Morgan fingerprint density at radius 2 is 2.25 bits per heavy atom. The van der Waals surface area contributed by atoms with Gasteiger partial charge in [0.05, 0.1) is 11.8 Å². The topological polar surface area (TPSA) is 68.5 Å². The predicted octanol–water partition coefficient (Wildman–Crippen LogP) is 1.92. The smallest absolute Gasteiger partial charge is 0.413 e. The van der Waals surface area contributed by atoms with E-state index in [2.05, 4.69) is 5.32 Å². The van der Waals surface area contributed by atoms with Gasteiger partial charge in [-0.15, -0.1) is 0 Å². The predicted molar refractivity (Wildman–Crippen MR) is 54.4 cm³/mol. The van der Waals surface area contributed by atoms with Crippen molar-refractivity contribution in [2.75, 3.05) is 0 Å². The SMILES string of the molecule is CC(=O)C1=C(C)OC(=O)NC1c1ccco1. The molecule has 1 aromatic rings. The van der Waals surface area contributed by atoms with E-state index < -0.39 is 12.1 Å². The highest BCUT2D eigenvalue weighted by molar-refractivity contribution is 5.96. The molecule has 1 unspecified atom stereocenters. The maximum atomic E-state index is 11.5. The number of ether oxygens (including phenoxy) is 1. The summed E-state index contributed by atoms with van der Waals surface area (Å²) in [4.78, 5) is 22.7. The Morgan fingerprint density at radius 1 is 1.50 bits per heavy atom. The number of amides is 1. The Hall–Kier alpha value is -2.04. The Morgan fingerprint density at radius 3 is 2.81 bits per heavy atom. The minimum absolute atomic E-state index is 0.154. The van der Waals surface area contributed by atoms with E-state index in [1.54, 1.807) is 19.1 Å². The van der Waals surface area contributed by atoms with Gasteiger partial charge >= 0.3 is 6.09 Å². The van der Waals surface area contributed by atoms with Gasteiger partial charge in [0.2, 0.25) is 0 Å². The average Bonchev–Trinajstić information content (AvgIpc) is 2.67. The van der Waals surface area contributed by atoms with Crippen LogP contribution in [-0.2, 0) is 9.53 Å². The van der Waals surface area contributed by atoms with Crippen LogP contribution in [0.1, 0.15) is 25.6 Å². The lowest BCUT2D eigenvalue weighted by molar-refractivity contribution is -0.114. The van der Waals surface area contributed by atoms with Gasteiger partial charge in [0.15, 0.2) is 5.78 Å². The van der Waals surface area contributed by atoms with Gasteiger partial charge in [0.1, 0.15) is 17.6 Å². The maximum Gasteiger partial charge on any atom is 0.413 e. The summed E-state index contributed by atoms with van der Waals surface area (Å²) in [5.41, 5.74) is 0.412. The molecule has 0 fully saturated rings. The number of carbonyl (C=O) groups excluding carboxylic acids is 2. The number of hydrogen-bond acceptors (Lipinski definition) is 4. The molecule has 5 heteroatoms. The van der Waals surface area contributed by atoms with Crippen molar-refractivity contribution in [3.05, 3.63) is 35.5 Å². The highest BCUT2D eigenvalue weighted by Crippen LogP contribution is 2.29. The third kappa shape index (κ3) is 1.71. The number of cyclic esters (lactones) is 1. The second kappa shape index (κ2) is 3.84. The molecule has 1 amide bonds. The van der Waals surface area contributed by atoms with Gasteiger partial charge in [-0.3, -0.25) is 4.79 Å². The van der Waals surface area contributed by atoms with E-state index in [9.17, 15) is 9.59 Å². The zero-order valence-electron chi connectivity index (χ0n) is 8.94. The van der Waals surface area contributed by atoms with Gasteiger partial charge in [-0.2, -0.15) is 0 Å². The van der Waals surface area contributed by atoms with Crippen LogP contribution in [0.2, 0.25) is 0 Å². The van der Waals surface area contributed by atoms with Crippen LogP contribution in [-0.4, -0.2) is 11.9 Å². The second-order valence-electron chi connectivity index (χ2n) is 3.51. The largest absolute Gasteiger partial charge is 0.467 e.